The number of β-amino-alcohol motifs (C(OH)–C–C–N with tert-alkyl or cyclic N) is 1. The normalized spacial score (nSPS) is 27.4. The fourth-order valence-electron chi connectivity index (χ4n) is 2.63. The monoisotopic (exact) mass is 228 g/mol. The lowest BCUT2D eigenvalue weighted by Gasteiger charge is -2.29. The molecule has 0 bridgehead atoms. The zero-order valence-corrected chi connectivity index (χ0v) is 10.9. The highest BCUT2D eigenvalue weighted by molar-refractivity contribution is 4.80. The van der Waals surface area contributed by atoms with E-state index < -0.39 is 5.60 Å². The molecule has 2 atom stereocenters. The number of nitrogens with zero attached hydrogens (tertiary/aromatic N) is 1. The molecule has 1 heterocycles. The molecule has 0 amide bonds. The summed E-state index contributed by atoms with van der Waals surface area (Å²) in [5, 5.41) is 9.97. The molecule has 0 saturated carbocycles. The maximum absolute atomic E-state index is 9.97. The van der Waals surface area contributed by atoms with E-state index in [4.69, 9.17) is 5.73 Å². The summed E-state index contributed by atoms with van der Waals surface area (Å²) < 4.78 is 0. The van der Waals surface area contributed by atoms with Crippen LogP contribution in [0.2, 0.25) is 0 Å². The van der Waals surface area contributed by atoms with Crippen molar-refractivity contribution < 1.29 is 5.11 Å². The van der Waals surface area contributed by atoms with Crippen LogP contribution in [-0.4, -0.2) is 41.8 Å². The van der Waals surface area contributed by atoms with Gasteiger partial charge in [0.25, 0.3) is 0 Å². The molecule has 3 nitrogen and oxygen atoms in total. The van der Waals surface area contributed by atoms with Crippen LogP contribution in [0.3, 0.4) is 0 Å². The second kappa shape index (κ2) is 6.58. The van der Waals surface area contributed by atoms with E-state index in [1.54, 1.807) is 0 Å². The summed E-state index contributed by atoms with van der Waals surface area (Å²) in [7, 11) is 0. The molecular weight excluding hydrogens is 200 g/mol. The Balaban J connectivity index is 2.35. The lowest BCUT2D eigenvalue weighted by Crippen LogP contribution is -2.46. The van der Waals surface area contributed by atoms with E-state index in [0.29, 0.717) is 6.54 Å². The second-order valence-electron chi connectivity index (χ2n) is 5.56. The smallest absolute Gasteiger partial charge is 0.0867 e. The molecular formula is C13H28N2O. The van der Waals surface area contributed by atoms with Crippen LogP contribution in [0.4, 0.5) is 0 Å². The third-order valence-corrected chi connectivity index (χ3v) is 3.64. The van der Waals surface area contributed by atoms with E-state index in [1.807, 2.05) is 6.92 Å². The van der Waals surface area contributed by atoms with E-state index in [0.717, 1.165) is 25.6 Å². The largest absolute Gasteiger partial charge is 0.388 e. The summed E-state index contributed by atoms with van der Waals surface area (Å²) in [4.78, 5) is 2.38. The predicted molar refractivity (Wildman–Crippen MR) is 68.4 cm³/mol. The van der Waals surface area contributed by atoms with Crippen molar-refractivity contribution in [2.24, 2.45) is 11.7 Å². The van der Waals surface area contributed by atoms with Crippen molar-refractivity contribution in [3.8, 4) is 0 Å². The Bertz CT molecular complexity index is 194. The third kappa shape index (κ3) is 4.81. The van der Waals surface area contributed by atoms with Crippen LogP contribution in [0.5, 0.6) is 0 Å². The minimum absolute atomic E-state index is 0.349. The van der Waals surface area contributed by atoms with Crippen molar-refractivity contribution in [2.45, 2.75) is 51.6 Å². The van der Waals surface area contributed by atoms with Gasteiger partial charge in [-0.25, -0.2) is 0 Å². The van der Waals surface area contributed by atoms with Crippen LogP contribution in [0.15, 0.2) is 0 Å². The summed E-state index contributed by atoms with van der Waals surface area (Å²) in [5.41, 5.74) is 4.84. The first-order valence-corrected chi connectivity index (χ1v) is 6.72. The van der Waals surface area contributed by atoms with E-state index in [2.05, 4.69) is 11.8 Å². The van der Waals surface area contributed by atoms with Gasteiger partial charge in [0.1, 0.15) is 0 Å². The number of hydrogen-bond donors (Lipinski definition) is 2. The summed E-state index contributed by atoms with van der Waals surface area (Å²) >= 11 is 0. The van der Waals surface area contributed by atoms with E-state index in [9.17, 15) is 5.11 Å². The van der Waals surface area contributed by atoms with Crippen molar-refractivity contribution in [2.75, 3.05) is 26.2 Å². The molecule has 1 aliphatic rings. The molecule has 3 N–H and O–H groups in total. The molecule has 0 spiro atoms. The Kier molecular flexibility index (Phi) is 5.73. The molecule has 0 aromatic rings. The zero-order valence-electron chi connectivity index (χ0n) is 10.9. The minimum Gasteiger partial charge on any atom is -0.388 e. The molecule has 0 aromatic heterocycles. The first-order valence-electron chi connectivity index (χ1n) is 6.72. The molecule has 1 rings (SSSR count). The van der Waals surface area contributed by atoms with Gasteiger partial charge in [-0.1, -0.05) is 19.8 Å². The van der Waals surface area contributed by atoms with E-state index in [1.165, 1.54) is 32.1 Å². The molecule has 96 valence electrons. The van der Waals surface area contributed by atoms with Crippen LogP contribution in [-0.2, 0) is 0 Å². The van der Waals surface area contributed by atoms with Crippen LogP contribution < -0.4 is 5.73 Å². The van der Waals surface area contributed by atoms with Gasteiger partial charge in [0.2, 0.25) is 0 Å². The fourth-order valence-corrected chi connectivity index (χ4v) is 2.63. The van der Waals surface area contributed by atoms with Gasteiger partial charge in [0.05, 0.1) is 5.60 Å². The van der Waals surface area contributed by atoms with Crippen LogP contribution >= 0.6 is 0 Å². The maximum atomic E-state index is 9.97. The van der Waals surface area contributed by atoms with Gasteiger partial charge in [-0.2, -0.15) is 0 Å². The highest BCUT2D eigenvalue weighted by Gasteiger charge is 2.24. The van der Waals surface area contributed by atoms with Crippen LogP contribution in [0, 0.1) is 5.92 Å². The highest BCUT2D eigenvalue weighted by atomic mass is 16.3. The van der Waals surface area contributed by atoms with Crippen molar-refractivity contribution in [1.82, 2.24) is 4.90 Å². The average molecular weight is 228 g/mol. The van der Waals surface area contributed by atoms with Gasteiger partial charge < -0.3 is 15.7 Å². The molecule has 2 unspecified atom stereocenters. The van der Waals surface area contributed by atoms with Crippen molar-refractivity contribution in [1.29, 1.82) is 0 Å². The van der Waals surface area contributed by atoms with Gasteiger partial charge in [-0.3, -0.25) is 0 Å². The van der Waals surface area contributed by atoms with Crippen molar-refractivity contribution in [3.05, 3.63) is 0 Å². The van der Waals surface area contributed by atoms with Crippen LogP contribution in [0.25, 0.3) is 0 Å². The maximum Gasteiger partial charge on any atom is 0.0867 e. The Morgan fingerprint density at radius 2 is 2.12 bits per heavy atom. The summed E-state index contributed by atoms with van der Waals surface area (Å²) in [6.07, 6.45) is 6.57. The Hall–Kier alpha value is -0.120. The molecule has 0 aromatic carbocycles. The third-order valence-electron chi connectivity index (χ3n) is 3.64. The minimum atomic E-state index is -0.718. The summed E-state index contributed by atoms with van der Waals surface area (Å²) in [5.74, 6) is 0.901. The van der Waals surface area contributed by atoms with E-state index >= 15 is 0 Å². The molecule has 0 aliphatic carbocycles. The Morgan fingerprint density at radius 3 is 2.75 bits per heavy atom. The second-order valence-corrected chi connectivity index (χ2v) is 5.56. The van der Waals surface area contributed by atoms with E-state index in [-0.39, 0.29) is 0 Å². The molecule has 3 heteroatoms. The lowest BCUT2D eigenvalue weighted by atomic mass is 9.96. The van der Waals surface area contributed by atoms with Crippen molar-refractivity contribution >= 4 is 0 Å². The summed E-state index contributed by atoms with van der Waals surface area (Å²) in [6.45, 7) is 7.42. The van der Waals surface area contributed by atoms with Gasteiger partial charge in [-0.05, 0) is 45.2 Å². The average Bonchev–Trinajstić information content (AvgIpc) is 2.44. The number of hydrogen-bond acceptors (Lipinski definition) is 3. The molecule has 16 heavy (non-hydrogen) atoms. The quantitative estimate of drug-likeness (QED) is 0.751. The highest BCUT2D eigenvalue weighted by Crippen LogP contribution is 2.22. The van der Waals surface area contributed by atoms with Gasteiger partial charge in [0, 0.05) is 13.1 Å². The number of aliphatic hydroxyl groups is 1. The SMILES string of the molecule is CCCC1CCCN(CC(C)(O)CN)CC1. The van der Waals surface area contributed by atoms with Crippen LogP contribution in [0.1, 0.15) is 46.0 Å². The first-order chi connectivity index (χ1) is 7.57. The number of rotatable bonds is 5. The van der Waals surface area contributed by atoms with Crippen molar-refractivity contribution in [3.63, 3.8) is 0 Å². The topological polar surface area (TPSA) is 49.5 Å². The Labute approximate surface area is 100 Å². The molecule has 1 fully saturated rings. The standard InChI is InChI=1S/C13H28N2O/c1-3-5-12-6-4-8-15(9-7-12)11-13(2,16)10-14/h12,16H,3-11,14H2,1-2H3. The lowest BCUT2D eigenvalue weighted by molar-refractivity contribution is 0.0281. The fraction of sp³-hybridized carbons (Fsp3) is 1.00. The summed E-state index contributed by atoms with van der Waals surface area (Å²) in [6, 6.07) is 0. The first kappa shape index (κ1) is 13.9. The molecule has 1 aliphatic heterocycles. The number of likely N-dealkylation sites (tertiary alicyclic amines) is 1. The zero-order chi connectivity index (χ0) is 12.0. The van der Waals surface area contributed by atoms with Gasteiger partial charge in [0.15, 0.2) is 0 Å². The predicted octanol–water partition coefficient (Wildman–Crippen LogP) is 1.60. The molecule has 0 radical (unpaired) electrons. The Morgan fingerprint density at radius 1 is 1.38 bits per heavy atom. The molecule has 1 saturated heterocycles. The van der Waals surface area contributed by atoms with Gasteiger partial charge >= 0.3 is 0 Å². The van der Waals surface area contributed by atoms with Gasteiger partial charge in [-0.15, -0.1) is 0 Å². The number of nitrogens with two attached hydrogens (primary N) is 1.